The van der Waals surface area contributed by atoms with E-state index in [9.17, 15) is 18.3 Å². The van der Waals surface area contributed by atoms with Gasteiger partial charge in [0, 0.05) is 12.8 Å². The lowest BCUT2D eigenvalue weighted by atomic mass is 10.0. The molecule has 0 amide bonds. The molecule has 0 saturated carbocycles. The van der Waals surface area contributed by atoms with Crippen molar-refractivity contribution in [2.24, 2.45) is 0 Å². The van der Waals surface area contributed by atoms with Crippen LogP contribution in [0.1, 0.15) is 11.1 Å². The summed E-state index contributed by atoms with van der Waals surface area (Å²) in [5.41, 5.74) is 0.293. The topological polar surface area (TPSA) is 20.2 Å². The highest BCUT2D eigenvalue weighted by Crippen LogP contribution is 2.20. The van der Waals surface area contributed by atoms with Gasteiger partial charge in [0.05, 0.1) is 11.1 Å². The van der Waals surface area contributed by atoms with E-state index in [4.69, 9.17) is 11.6 Å². The Labute approximate surface area is 119 Å². The molecule has 0 saturated heterocycles. The van der Waals surface area contributed by atoms with E-state index in [1.807, 2.05) is 0 Å². The molecule has 2 aromatic rings. The lowest BCUT2D eigenvalue weighted by Gasteiger charge is -2.12. The van der Waals surface area contributed by atoms with Crippen molar-refractivity contribution in [1.82, 2.24) is 0 Å². The number of halogens is 4. The van der Waals surface area contributed by atoms with E-state index in [2.05, 4.69) is 0 Å². The smallest absolute Gasteiger partial charge is 0.162 e. The van der Waals surface area contributed by atoms with E-state index in [1.165, 1.54) is 24.3 Å². The second kappa shape index (κ2) is 6.29. The first kappa shape index (κ1) is 14.9. The highest BCUT2D eigenvalue weighted by atomic mass is 35.5. The fourth-order valence-electron chi connectivity index (χ4n) is 1.99. The van der Waals surface area contributed by atoms with Gasteiger partial charge in [-0.1, -0.05) is 35.9 Å². The summed E-state index contributed by atoms with van der Waals surface area (Å²) in [6, 6.07) is 8.21. The molecule has 0 aromatic heterocycles. The van der Waals surface area contributed by atoms with Crippen molar-refractivity contribution in [3.8, 4) is 0 Å². The molecule has 0 radical (unpaired) electrons. The van der Waals surface area contributed by atoms with Crippen LogP contribution in [0.25, 0.3) is 0 Å². The van der Waals surface area contributed by atoms with Crippen molar-refractivity contribution in [3.05, 3.63) is 70.0 Å². The first-order chi connectivity index (χ1) is 9.49. The van der Waals surface area contributed by atoms with Crippen LogP contribution in [-0.2, 0) is 12.8 Å². The monoisotopic (exact) mass is 300 g/mol. The van der Waals surface area contributed by atoms with Crippen LogP contribution in [0.2, 0.25) is 5.02 Å². The van der Waals surface area contributed by atoms with Crippen molar-refractivity contribution >= 4 is 11.6 Å². The molecule has 0 aliphatic heterocycles. The fraction of sp³-hybridized carbons (Fsp3) is 0.200. The molecule has 106 valence electrons. The fourth-order valence-corrected chi connectivity index (χ4v) is 2.19. The third-order valence-corrected chi connectivity index (χ3v) is 3.27. The molecule has 1 unspecified atom stereocenters. The van der Waals surface area contributed by atoms with Crippen LogP contribution in [0.5, 0.6) is 0 Å². The number of benzene rings is 2. The number of hydrogen-bond acceptors (Lipinski definition) is 1. The van der Waals surface area contributed by atoms with E-state index in [-0.39, 0.29) is 29.0 Å². The minimum atomic E-state index is -1.03. The van der Waals surface area contributed by atoms with Crippen LogP contribution < -0.4 is 0 Å². The number of aliphatic hydroxyl groups is 1. The Balaban J connectivity index is 2.11. The number of aliphatic hydroxyl groups excluding tert-OH is 1. The van der Waals surface area contributed by atoms with E-state index in [0.717, 1.165) is 6.07 Å². The van der Waals surface area contributed by atoms with Crippen LogP contribution in [0.3, 0.4) is 0 Å². The highest BCUT2D eigenvalue weighted by Gasteiger charge is 2.15. The second-order valence-corrected chi connectivity index (χ2v) is 4.90. The zero-order valence-electron chi connectivity index (χ0n) is 10.4. The molecule has 1 N–H and O–H groups in total. The molecular formula is C15H12ClF3O. The van der Waals surface area contributed by atoms with Gasteiger partial charge in [-0.2, -0.15) is 0 Å². The molecule has 0 bridgehead atoms. The lowest BCUT2D eigenvalue weighted by molar-refractivity contribution is 0.172. The van der Waals surface area contributed by atoms with Gasteiger partial charge in [-0.3, -0.25) is 0 Å². The van der Waals surface area contributed by atoms with Crippen molar-refractivity contribution in [1.29, 1.82) is 0 Å². The largest absolute Gasteiger partial charge is 0.392 e. The molecule has 5 heteroatoms. The Morgan fingerprint density at radius 3 is 2.10 bits per heavy atom. The number of hydrogen-bond donors (Lipinski definition) is 1. The Hall–Kier alpha value is -1.52. The molecule has 2 rings (SSSR count). The Kier molecular flexibility index (Phi) is 4.68. The summed E-state index contributed by atoms with van der Waals surface area (Å²) in [7, 11) is 0. The standard InChI is InChI=1S/C15H12ClF3O/c16-12-5-1-3-9(14(12)18)7-11(20)8-10-4-2-6-13(17)15(10)19/h1-6,11,20H,7-8H2. The second-order valence-electron chi connectivity index (χ2n) is 4.49. The minimum Gasteiger partial charge on any atom is -0.392 e. The summed E-state index contributed by atoms with van der Waals surface area (Å²) >= 11 is 5.64. The zero-order chi connectivity index (χ0) is 14.7. The van der Waals surface area contributed by atoms with Crippen molar-refractivity contribution in [2.45, 2.75) is 18.9 Å². The molecule has 1 atom stereocenters. The average Bonchev–Trinajstić information content (AvgIpc) is 2.40. The Morgan fingerprint density at radius 1 is 0.900 bits per heavy atom. The molecule has 0 heterocycles. The van der Waals surface area contributed by atoms with Gasteiger partial charge in [-0.05, 0) is 23.3 Å². The summed E-state index contributed by atoms with van der Waals surface area (Å²) in [6.07, 6.45) is -1.16. The van der Waals surface area contributed by atoms with Gasteiger partial charge in [0.25, 0.3) is 0 Å². The molecular weight excluding hydrogens is 289 g/mol. The van der Waals surface area contributed by atoms with Crippen molar-refractivity contribution < 1.29 is 18.3 Å². The molecule has 0 fully saturated rings. The van der Waals surface area contributed by atoms with Gasteiger partial charge in [-0.25, -0.2) is 13.2 Å². The third kappa shape index (κ3) is 3.32. The predicted octanol–water partition coefficient (Wildman–Crippen LogP) is 3.90. The van der Waals surface area contributed by atoms with Crippen molar-refractivity contribution in [3.63, 3.8) is 0 Å². The molecule has 0 aliphatic rings. The summed E-state index contributed by atoms with van der Waals surface area (Å²) in [6.45, 7) is 0. The van der Waals surface area contributed by atoms with Gasteiger partial charge in [0.2, 0.25) is 0 Å². The average molecular weight is 301 g/mol. The molecule has 2 aromatic carbocycles. The maximum Gasteiger partial charge on any atom is 0.162 e. The molecule has 20 heavy (non-hydrogen) atoms. The lowest BCUT2D eigenvalue weighted by Crippen LogP contribution is -2.16. The quantitative estimate of drug-likeness (QED) is 0.908. The maximum atomic E-state index is 13.7. The van der Waals surface area contributed by atoms with Crippen LogP contribution in [0.15, 0.2) is 36.4 Å². The summed E-state index contributed by atoms with van der Waals surface area (Å²) in [5.74, 6) is -2.56. The van der Waals surface area contributed by atoms with Crippen LogP contribution >= 0.6 is 11.6 Å². The maximum absolute atomic E-state index is 13.7. The molecule has 0 spiro atoms. The van der Waals surface area contributed by atoms with Gasteiger partial charge in [0.15, 0.2) is 11.6 Å². The molecule has 0 aliphatic carbocycles. The van der Waals surface area contributed by atoms with E-state index in [0.29, 0.717) is 0 Å². The Bertz CT molecular complexity index is 563. The molecule has 1 nitrogen and oxygen atoms in total. The summed E-state index contributed by atoms with van der Waals surface area (Å²) in [4.78, 5) is 0. The summed E-state index contributed by atoms with van der Waals surface area (Å²) < 4.78 is 40.2. The first-order valence-corrected chi connectivity index (χ1v) is 6.40. The van der Waals surface area contributed by atoms with Crippen LogP contribution in [0.4, 0.5) is 13.2 Å². The predicted molar refractivity (Wildman–Crippen MR) is 71.2 cm³/mol. The summed E-state index contributed by atoms with van der Waals surface area (Å²) in [5, 5.41) is 9.85. The van der Waals surface area contributed by atoms with Crippen LogP contribution in [-0.4, -0.2) is 11.2 Å². The highest BCUT2D eigenvalue weighted by molar-refractivity contribution is 6.30. The van der Waals surface area contributed by atoms with Gasteiger partial charge in [0.1, 0.15) is 5.82 Å². The normalized spacial score (nSPS) is 12.4. The number of rotatable bonds is 4. The van der Waals surface area contributed by atoms with Crippen molar-refractivity contribution in [2.75, 3.05) is 0 Å². The SMILES string of the molecule is OC(Cc1cccc(F)c1F)Cc1cccc(Cl)c1F. The van der Waals surface area contributed by atoms with Gasteiger partial charge < -0.3 is 5.11 Å². The third-order valence-electron chi connectivity index (χ3n) is 2.97. The van der Waals surface area contributed by atoms with E-state index < -0.39 is 23.6 Å². The Morgan fingerprint density at radius 2 is 1.45 bits per heavy atom. The minimum absolute atomic E-state index is 0.0254. The first-order valence-electron chi connectivity index (χ1n) is 6.03. The van der Waals surface area contributed by atoms with Gasteiger partial charge in [-0.15, -0.1) is 0 Å². The van der Waals surface area contributed by atoms with Gasteiger partial charge >= 0.3 is 0 Å². The van der Waals surface area contributed by atoms with Crippen LogP contribution in [0, 0.1) is 17.5 Å². The zero-order valence-corrected chi connectivity index (χ0v) is 11.2. The van der Waals surface area contributed by atoms with E-state index >= 15 is 0 Å². The van der Waals surface area contributed by atoms with E-state index in [1.54, 1.807) is 6.07 Å².